The maximum Gasteiger partial charge on any atom is 0.155 e. The van der Waals surface area contributed by atoms with Crippen molar-refractivity contribution in [3.05, 3.63) is 35.4 Å². The molecule has 6 nitrogen and oxygen atoms in total. The van der Waals surface area contributed by atoms with Gasteiger partial charge in [-0.15, -0.1) is 0 Å². The van der Waals surface area contributed by atoms with Gasteiger partial charge in [0.2, 0.25) is 0 Å². The fraction of sp³-hybridized carbons (Fsp3) is 0.526. The smallest absolute Gasteiger partial charge is 0.155 e. The molecule has 2 atom stereocenters. The highest BCUT2D eigenvalue weighted by atomic mass is 16.6. The zero-order chi connectivity index (χ0) is 17.8. The van der Waals surface area contributed by atoms with Crippen LogP contribution in [0.15, 0.2) is 29.4 Å². The van der Waals surface area contributed by atoms with Crippen molar-refractivity contribution in [2.24, 2.45) is 5.16 Å². The first kappa shape index (κ1) is 17.8. The molecule has 0 saturated carbocycles. The van der Waals surface area contributed by atoms with Crippen LogP contribution in [0, 0.1) is 5.41 Å². The molecule has 3 rings (SSSR count). The number of ketones is 1. The van der Waals surface area contributed by atoms with Crippen molar-refractivity contribution < 1.29 is 14.4 Å². The summed E-state index contributed by atoms with van der Waals surface area (Å²) in [6.07, 6.45) is 1.95. The van der Waals surface area contributed by atoms with Gasteiger partial charge in [-0.1, -0.05) is 29.4 Å². The van der Waals surface area contributed by atoms with E-state index in [1.165, 1.54) is 0 Å². The Morgan fingerprint density at radius 2 is 2.12 bits per heavy atom. The van der Waals surface area contributed by atoms with Crippen LogP contribution in [-0.2, 0) is 14.4 Å². The van der Waals surface area contributed by atoms with Gasteiger partial charge in [0.05, 0.1) is 11.8 Å². The second kappa shape index (κ2) is 7.89. The second-order valence-corrected chi connectivity index (χ2v) is 6.86. The fourth-order valence-electron chi connectivity index (χ4n) is 3.23. The van der Waals surface area contributed by atoms with Gasteiger partial charge in [-0.2, -0.15) is 0 Å². The minimum Gasteiger partial charge on any atom is -0.390 e. The van der Waals surface area contributed by atoms with Gasteiger partial charge in [0.1, 0.15) is 12.7 Å². The Morgan fingerprint density at radius 3 is 2.80 bits per heavy atom. The summed E-state index contributed by atoms with van der Waals surface area (Å²) in [5, 5.41) is 11.9. The molecule has 0 radical (unpaired) electrons. The summed E-state index contributed by atoms with van der Waals surface area (Å²) < 4.78 is 5.60. The van der Waals surface area contributed by atoms with Crippen LogP contribution in [0.25, 0.3) is 0 Å². The van der Waals surface area contributed by atoms with Crippen LogP contribution < -0.4 is 0 Å². The number of benzene rings is 1. The van der Waals surface area contributed by atoms with Crippen molar-refractivity contribution in [1.29, 1.82) is 5.41 Å². The van der Waals surface area contributed by atoms with Crippen molar-refractivity contribution in [3.63, 3.8) is 0 Å². The van der Waals surface area contributed by atoms with Crippen LogP contribution in [0.3, 0.4) is 0 Å². The number of oxime groups is 1. The normalized spacial score (nSPS) is 23.4. The van der Waals surface area contributed by atoms with Gasteiger partial charge in [0.25, 0.3) is 0 Å². The van der Waals surface area contributed by atoms with Crippen molar-refractivity contribution in [3.8, 4) is 0 Å². The zero-order valence-electron chi connectivity index (χ0n) is 14.8. The topological polar surface area (TPSA) is 75.0 Å². The number of nitrogens with one attached hydrogen (secondary N) is 1. The lowest BCUT2D eigenvalue weighted by atomic mass is 10.0. The number of rotatable bonds is 7. The lowest BCUT2D eigenvalue weighted by molar-refractivity contribution is -0.123. The van der Waals surface area contributed by atoms with Crippen molar-refractivity contribution in [2.45, 2.75) is 38.9 Å². The number of hydrogen-bond donors (Lipinski definition) is 1. The van der Waals surface area contributed by atoms with Crippen molar-refractivity contribution in [1.82, 2.24) is 4.90 Å². The third-order valence-electron chi connectivity index (χ3n) is 4.60. The Morgan fingerprint density at radius 1 is 1.36 bits per heavy atom. The molecule has 0 amide bonds. The molecule has 2 aliphatic heterocycles. The van der Waals surface area contributed by atoms with Crippen LogP contribution in [0.2, 0.25) is 0 Å². The number of ether oxygens (including phenoxy) is 1. The fourth-order valence-corrected chi connectivity index (χ4v) is 3.23. The highest BCUT2D eigenvalue weighted by Gasteiger charge is 2.29. The lowest BCUT2D eigenvalue weighted by Crippen LogP contribution is -2.32. The van der Waals surface area contributed by atoms with Gasteiger partial charge >= 0.3 is 0 Å². The predicted octanol–water partition coefficient (Wildman–Crippen LogP) is 2.25. The highest BCUT2D eigenvalue weighted by Crippen LogP contribution is 2.21. The molecule has 0 bridgehead atoms. The maximum atomic E-state index is 11.0. The minimum atomic E-state index is 0.0608. The van der Waals surface area contributed by atoms with E-state index in [1.807, 2.05) is 24.3 Å². The first-order chi connectivity index (χ1) is 12.0. The Labute approximate surface area is 148 Å². The standard InChI is InChI=1S/C19H25N3O3/c1-13(23)12-24-17-7-8-22(10-17)11-18-9-19(21-25-18)16-5-3-15(4-6-16)14(2)20/h3-6,17-18,20H,7-12H2,1-2H3. The predicted molar refractivity (Wildman–Crippen MR) is 96.4 cm³/mol. The molecule has 1 saturated heterocycles. The van der Waals surface area contributed by atoms with Crippen LogP contribution in [0.5, 0.6) is 0 Å². The number of Topliss-reactive ketones (excluding diaryl/α,β-unsaturated/α-hetero) is 1. The molecule has 25 heavy (non-hydrogen) atoms. The maximum absolute atomic E-state index is 11.0. The van der Waals surface area contributed by atoms with Gasteiger partial charge in [0.15, 0.2) is 5.78 Å². The molecule has 2 aliphatic rings. The van der Waals surface area contributed by atoms with E-state index >= 15 is 0 Å². The van der Waals surface area contributed by atoms with Gasteiger partial charge in [-0.3, -0.25) is 9.69 Å². The van der Waals surface area contributed by atoms with E-state index in [1.54, 1.807) is 13.8 Å². The number of carbonyl (C=O) groups excluding carboxylic acids is 1. The molecule has 1 N–H and O–H groups in total. The van der Waals surface area contributed by atoms with E-state index < -0.39 is 0 Å². The molecule has 2 unspecified atom stereocenters. The molecular formula is C19H25N3O3. The van der Waals surface area contributed by atoms with Crippen LogP contribution in [0.1, 0.15) is 37.8 Å². The van der Waals surface area contributed by atoms with Gasteiger partial charge in [0, 0.05) is 31.8 Å². The molecule has 134 valence electrons. The number of nitrogens with zero attached hydrogens (tertiary/aromatic N) is 2. The molecular weight excluding hydrogens is 318 g/mol. The molecule has 1 aromatic carbocycles. The lowest BCUT2D eigenvalue weighted by Gasteiger charge is -2.19. The zero-order valence-corrected chi connectivity index (χ0v) is 14.8. The number of carbonyl (C=O) groups is 1. The van der Waals surface area contributed by atoms with E-state index in [-0.39, 0.29) is 24.6 Å². The SMILES string of the molecule is CC(=N)c1ccc(C2=NOC(CN3CCC(OCC(C)=O)C3)C2)cc1. The Hall–Kier alpha value is -2.05. The average Bonchev–Trinajstić information content (AvgIpc) is 3.23. The molecule has 1 aromatic rings. The Bertz CT molecular complexity index is 669. The van der Waals surface area contributed by atoms with Crippen LogP contribution >= 0.6 is 0 Å². The third kappa shape index (κ3) is 4.74. The first-order valence-electron chi connectivity index (χ1n) is 8.73. The molecule has 0 spiro atoms. The monoisotopic (exact) mass is 343 g/mol. The highest BCUT2D eigenvalue weighted by molar-refractivity contribution is 6.02. The van der Waals surface area contributed by atoms with Crippen LogP contribution in [-0.4, -0.2) is 60.6 Å². The van der Waals surface area contributed by atoms with E-state index in [2.05, 4.69) is 10.1 Å². The van der Waals surface area contributed by atoms with Gasteiger partial charge in [-0.05, 0) is 31.4 Å². The second-order valence-electron chi connectivity index (χ2n) is 6.86. The third-order valence-corrected chi connectivity index (χ3v) is 4.60. The number of likely N-dealkylation sites (tertiary alicyclic amines) is 1. The summed E-state index contributed by atoms with van der Waals surface area (Å²) in [5.74, 6) is 0.0693. The Kier molecular flexibility index (Phi) is 5.60. The summed E-state index contributed by atoms with van der Waals surface area (Å²) >= 11 is 0. The molecule has 2 heterocycles. The van der Waals surface area contributed by atoms with Gasteiger partial charge in [-0.25, -0.2) is 0 Å². The largest absolute Gasteiger partial charge is 0.390 e. The minimum absolute atomic E-state index is 0.0608. The summed E-state index contributed by atoms with van der Waals surface area (Å²) in [7, 11) is 0. The van der Waals surface area contributed by atoms with Crippen molar-refractivity contribution in [2.75, 3.05) is 26.2 Å². The van der Waals surface area contributed by atoms with E-state index in [4.69, 9.17) is 15.0 Å². The quantitative estimate of drug-likeness (QED) is 0.771. The van der Waals surface area contributed by atoms with Crippen LogP contribution in [0.4, 0.5) is 0 Å². The molecule has 1 fully saturated rings. The molecule has 0 aromatic heterocycles. The number of hydrogen-bond acceptors (Lipinski definition) is 6. The van der Waals surface area contributed by atoms with E-state index in [9.17, 15) is 4.79 Å². The van der Waals surface area contributed by atoms with Crippen molar-refractivity contribution >= 4 is 17.2 Å². The molecule has 0 aliphatic carbocycles. The molecule has 6 heteroatoms. The Balaban J connectivity index is 1.46. The van der Waals surface area contributed by atoms with E-state index in [0.29, 0.717) is 5.71 Å². The van der Waals surface area contributed by atoms with E-state index in [0.717, 1.165) is 49.3 Å². The summed E-state index contributed by atoms with van der Waals surface area (Å²) in [6.45, 7) is 6.17. The summed E-state index contributed by atoms with van der Waals surface area (Å²) in [4.78, 5) is 18.9. The average molecular weight is 343 g/mol. The first-order valence-corrected chi connectivity index (χ1v) is 8.73. The van der Waals surface area contributed by atoms with Gasteiger partial charge < -0.3 is 15.0 Å². The summed E-state index contributed by atoms with van der Waals surface area (Å²) in [6, 6.07) is 7.90. The summed E-state index contributed by atoms with van der Waals surface area (Å²) in [5.41, 5.74) is 3.50.